The van der Waals surface area contributed by atoms with E-state index in [9.17, 15) is 9.59 Å². The first-order valence-corrected chi connectivity index (χ1v) is 16.0. The molecule has 1 heterocycles. The monoisotopic (exact) mass is 547 g/mol. The Balaban J connectivity index is 2.39. The SMILES string of the molecule is C#CCO[C@H]1CCN(C(=O)OC(C)(C)C)[C@H](c2ccc(C(=O)OC)cc2OCCO[Si](C)(C)C(C)(C)C)C1. The molecule has 1 amide bonds. The Morgan fingerprint density at radius 3 is 2.39 bits per heavy atom. The average molecular weight is 548 g/mol. The van der Waals surface area contributed by atoms with Crippen LogP contribution in [0.25, 0.3) is 0 Å². The summed E-state index contributed by atoms with van der Waals surface area (Å²) in [5.41, 5.74) is 0.467. The number of piperidine rings is 1. The van der Waals surface area contributed by atoms with Crippen molar-refractivity contribution in [2.24, 2.45) is 0 Å². The van der Waals surface area contributed by atoms with Gasteiger partial charge in [-0.25, -0.2) is 9.59 Å². The molecular formula is C29H45NO7Si. The van der Waals surface area contributed by atoms with Gasteiger partial charge in [-0.1, -0.05) is 32.8 Å². The van der Waals surface area contributed by atoms with Gasteiger partial charge >= 0.3 is 12.1 Å². The van der Waals surface area contributed by atoms with Gasteiger partial charge in [-0.05, 0) is 63.9 Å². The van der Waals surface area contributed by atoms with Crippen molar-refractivity contribution in [3.8, 4) is 18.1 Å². The summed E-state index contributed by atoms with van der Waals surface area (Å²) in [6.45, 7) is 17.8. The largest absolute Gasteiger partial charge is 0.491 e. The number of nitrogens with zero attached hydrogens (tertiary/aromatic N) is 1. The lowest BCUT2D eigenvalue weighted by Gasteiger charge is -2.40. The Morgan fingerprint density at radius 1 is 1.13 bits per heavy atom. The fraction of sp³-hybridized carbons (Fsp3) is 0.655. The van der Waals surface area contributed by atoms with Crippen molar-refractivity contribution in [2.75, 3.05) is 33.5 Å². The van der Waals surface area contributed by atoms with Gasteiger partial charge < -0.3 is 28.3 Å². The van der Waals surface area contributed by atoms with Crippen molar-refractivity contribution in [1.82, 2.24) is 4.90 Å². The smallest absolute Gasteiger partial charge is 0.410 e. The third-order valence-corrected chi connectivity index (χ3v) is 11.5. The molecule has 0 aliphatic carbocycles. The van der Waals surface area contributed by atoms with Crippen LogP contribution >= 0.6 is 0 Å². The number of carbonyl (C=O) groups is 2. The van der Waals surface area contributed by atoms with E-state index < -0.39 is 32.0 Å². The van der Waals surface area contributed by atoms with Crippen LogP contribution in [0, 0.1) is 12.3 Å². The minimum atomic E-state index is -1.95. The summed E-state index contributed by atoms with van der Waals surface area (Å²) < 4.78 is 29.0. The van der Waals surface area contributed by atoms with Crippen LogP contribution in [0.5, 0.6) is 5.75 Å². The molecule has 9 heteroatoms. The number of hydrogen-bond donors (Lipinski definition) is 0. The highest BCUT2D eigenvalue weighted by Gasteiger charge is 2.38. The second-order valence-electron chi connectivity index (χ2n) is 12.1. The van der Waals surface area contributed by atoms with Gasteiger partial charge in [0.25, 0.3) is 0 Å². The number of rotatable bonds is 9. The summed E-state index contributed by atoms with van der Waals surface area (Å²) in [5, 5.41) is 0.0758. The quantitative estimate of drug-likeness (QED) is 0.163. The lowest BCUT2D eigenvalue weighted by atomic mass is 9.92. The highest BCUT2D eigenvalue weighted by molar-refractivity contribution is 6.74. The van der Waals surface area contributed by atoms with Crippen molar-refractivity contribution >= 4 is 20.4 Å². The number of ether oxygens (including phenoxy) is 4. The van der Waals surface area contributed by atoms with Crippen molar-refractivity contribution in [2.45, 2.75) is 90.3 Å². The van der Waals surface area contributed by atoms with Gasteiger partial charge in [-0.3, -0.25) is 0 Å². The van der Waals surface area contributed by atoms with Gasteiger partial charge in [0, 0.05) is 12.1 Å². The Hall–Kier alpha value is -2.54. The zero-order chi connectivity index (χ0) is 28.7. The molecule has 0 bridgehead atoms. The van der Waals surface area contributed by atoms with Gasteiger partial charge in [0.15, 0.2) is 8.32 Å². The molecule has 1 aliphatic rings. The van der Waals surface area contributed by atoms with E-state index in [1.165, 1.54) is 7.11 Å². The second-order valence-corrected chi connectivity index (χ2v) is 16.9. The number of terminal acetylenes is 1. The molecule has 2 rings (SSSR count). The number of benzene rings is 1. The highest BCUT2D eigenvalue weighted by Crippen LogP contribution is 2.39. The van der Waals surface area contributed by atoms with E-state index in [1.54, 1.807) is 17.0 Å². The van der Waals surface area contributed by atoms with Crippen LogP contribution in [0.2, 0.25) is 18.1 Å². The minimum absolute atomic E-state index is 0.0758. The Labute approximate surface area is 229 Å². The van der Waals surface area contributed by atoms with Crippen LogP contribution in [-0.4, -0.2) is 70.5 Å². The lowest BCUT2D eigenvalue weighted by Crippen LogP contribution is -2.45. The summed E-state index contributed by atoms with van der Waals surface area (Å²) in [6.07, 6.45) is 6.00. The van der Waals surface area contributed by atoms with E-state index >= 15 is 0 Å². The van der Waals surface area contributed by atoms with Crippen LogP contribution in [0.15, 0.2) is 18.2 Å². The van der Waals surface area contributed by atoms with Crippen LogP contribution in [0.3, 0.4) is 0 Å². The molecule has 1 aliphatic heterocycles. The Kier molecular flexibility index (Phi) is 10.8. The number of esters is 1. The van der Waals surface area contributed by atoms with Gasteiger partial charge in [-0.15, -0.1) is 6.42 Å². The zero-order valence-corrected chi connectivity index (χ0v) is 25.5. The molecule has 0 N–H and O–H groups in total. The van der Waals surface area contributed by atoms with E-state index in [2.05, 4.69) is 39.8 Å². The normalized spacial score (nSPS) is 18.5. The van der Waals surface area contributed by atoms with Crippen molar-refractivity contribution in [3.05, 3.63) is 29.3 Å². The Morgan fingerprint density at radius 2 is 1.82 bits per heavy atom. The molecule has 0 radical (unpaired) electrons. The topological polar surface area (TPSA) is 83.5 Å². The first-order valence-electron chi connectivity index (χ1n) is 13.1. The first kappa shape index (κ1) is 31.7. The number of methoxy groups -OCH3 is 1. The molecule has 1 fully saturated rings. The molecule has 212 valence electrons. The maximum atomic E-state index is 13.2. The molecule has 0 aromatic heterocycles. The number of amides is 1. The van der Waals surface area contributed by atoms with Crippen LogP contribution < -0.4 is 4.74 Å². The summed E-state index contributed by atoms with van der Waals surface area (Å²) in [7, 11) is -0.615. The van der Waals surface area contributed by atoms with E-state index in [0.29, 0.717) is 43.9 Å². The fourth-order valence-electron chi connectivity index (χ4n) is 3.93. The Bertz CT molecular complexity index is 1000. The van der Waals surface area contributed by atoms with Crippen LogP contribution in [0.4, 0.5) is 4.79 Å². The molecule has 1 aromatic carbocycles. The summed E-state index contributed by atoms with van der Waals surface area (Å²) in [6, 6.07) is 4.75. The molecule has 8 nitrogen and oxygen atoms in total. The average Bonchev–Trinajstić information content (AvgIpc) is 2.82. The molecule has 0 saturated carbocycles. The predicted molar refractivity (Wildman–Crippen MR) is 150 cm³/mol. The van der Waals surface area contributed by atoms with E-state index in [1.807, 2.05) is 26.8 Å². The van der Waals surface area contributed by atoms with E-state index in [4.69, 9.17) is 29.8 Å². The van der Waals surface area contributed by atoms with Crippen LogP contribution in [0.1, 0.15) is 76.3 Å². The van der Waals surface area contributed by atoms with Crippen molar-refractivity contribution in [3.63, 3.8) is 0 Å². The fourth-order valence-corrected chi connectivity index (χ4v) is 4.96. The van der Waals surface area contributed by atoms with Crippen molar-refractivity contribution < 1.29 is 33.0 Å². The minimum Gasteiger partial charge on any atom is -0.491 e. The van der Waals surface area contributed by atoms with Crippen molar-refractivity contribution in [1.29, 1.82) is 0 Å². The summed E-state index contributed by atoms with van der Waals surface area (Å²) in [4.78, 5) is 27.2. The van der Waals surface area contributed by atoms with Gasteiger partial charge in [0.05, 0.1) is 31.4 Å². The summed E-state index contributed by atoms with van der Waals surface area (Å²) >= 11 is 0. The lowest BCUT2D eigenvalue weighted by molar-refractivity contribution is -0.0248. The second kappa shape index (κ2) is 13.0. The predicted octanol–water partition coefficient (Wildman–Crippen LogP) is 5.96. The molecule has 2 atom stereocenters. The van der Waals surface area contributed by atoms with E-state index in [-0.39, 0.29) is 17.7 Å². The molecule has 1 saturated heterocycles. The molecule has 0 spiro atoms. The molecular weight excluding hydrogens is 502 g/mol. The summed E-state index contributed by atoms with van der Waals surface area (Å²) in [5.74, 6) is 2.53. The van der Waals surface area contributed by atoms with E-state index in [0.717, 1.165) is 5.56 Å². The number of hydrogen-bond acceptors (Lipinski definition) is 7. The van der Waals surface area contributed by atoms with Gasteiger partial charge in [0.1, 0.15) is 24.6 Å². The van der Waals surface area contributed by atoms with Gasteiger partial charge in [-0.2, -0.15) is 0 Å². The molecule has 1 aromatic rings. The molecule has 0 unspecified atom stereocenters. The first-order chi connectivity index (χ1) is 17.6. The standard InChI is InChI=1S/C29H45NO7Si/c1-11-16-34-22-14-15-30(27(32)37-28(2,3)4)24(20-22)23-13-12-21(26(31)33-8)19-25(23)35-17-18-36-38(9,10)29(5,6)7/h1,12-13,19,22,24H,14-18,20H2,2-10H3/t22-,24-/m0/s1. The molecule has 38 heavy (non-hydrogen) atoms. The highest BCUT2D eigenvalue weighted by atomic mass is 28.4. The maximum Gasteiger partial charge on any atom is 0.410 e. The van der Waals surface area contributed by atoms with Crippen LogP contribution in [-0.2, 0) is 18.6 Å². The third kappa shape index (κ3) is 8.75. The van der Waals surface area contributed by atoms with Gasteiger partial charge in [0.2, 0.25) is 0 Å². The zero-order valence-electron chi connectivity index (χ0n) is 24.5. The number of likely N-dealkylation sites (tertiary alicyclic amines) is 1. The maximum absolute atomic E-state index is 13.2. The third-order valence-electron chi connectivity index (χ3n) is 6.99. The number of carbonyl (C=O) groups excluding carboxylic acids is 2.